The lowest BCUT2D eigenvalue weighted by Crippen LogP contribution is -2.08. The first kappa shape index (κ1) is 23.5. The van der Waals surface area contributed by atoms with Crippen molar-refractivity contribution in [1.82, 2.24) is 19.9 Å². The molecule has 0 bridgehead atoms. The topological polar surface area (TPSA) is 111 Å². The minimum absolute atomic E-state index is 0.482. The first-order valence-corrected chi connectivity index (χ1v) is 12.5. The van der Waals surface area contributed by atoms with E-state index in [2.05, 4.69) is 50.5 Å². The highest BCUT2D eigenvalue weighted by Crippen LogP contribution is 2.28. The van der Waals surface area contributed by atoms with E-state index in [1.165, 1.54) is 16.7 Å². The number of nitrogens with one attached hydrogen (secondary N) is 2. The van der Waals surface area contributed by atoms with Gasteiger partial charge in [-0.2, -0.15) is 0 Å². The van der Waals surface area contributed by atoms with Gasteiger partial charge in [0.15, 0.2) is 0 Å². The summed E-state index contributed by atoms with van der Waals surface area (Å²) in [7, 11) is 0. The third kappa shape index (κ3) is 5.36. The predicted octanol–water partition coefficient (Wildman–Crippen LogP) is 5.48. The van der Waals surface area contributed by atoms with Crippen molar-refractivity contribution in [3.05, 3.63) is 93.8 Å². The number of ether oxygens (including phenoxy) is 1. The highest BCUT2D eigenvalue weighted by atomic mass is 32.1. The van der Waals surface area contributed by atoms with Crippen LogP contribution in [0.25, 0.3) is 10.8 Å². The molecule has 3 heterocycles. The third-order valence-corrected chi connectivity index (χ3v) is 6.82. The van der Waals surface area contributed by atoms with Gasteiger partial charge >= 0.3 is 0 Å². The minimum atomic E-state index is 0.482. The molecule has 0 aliphatic carbocycles. The summed E-state index contributed by atoms with van der Waals surface area (Å²) in [5.74, 6) is 2.89. The van der Waals surface area contributed by atoms with Crippen molar-refractivity contribution in [2.24, 2.45) is 0 Å². The number of nitrogens with two attached hydrogens (primary N) is 1. The molecule has 0 radical (unpaired) electrons. The molecule has 2 aromatic carbocycles. The Hall–Kier alpha value is -4.24. The Morgan fingerprint density at radius 3 is 2.39 bits per heavy atom. The van der Waals surface area contributed by atoms with Crippen LogP contribution in [0, 0.1) is 13.8 Å². The van der Waals surface area contributed by atoms with Crippen LogP contribution in [0.4, 0.5) is 17.5 Å². The number of nitrogens with zero attached hydrogens (tertiary/aromatic N) is 4. The molecule has 0 unspecified atom stereocenters. The summed E-state index contributed by atoms with van der Waals surface area (Å²) < 4.78 is 5.78. The lowest BCUT2D eigenvalue weighted by Gasteiger charge is -2.15. The Morgan fingerprint density at radius 1 is 0.861 bits per heavy atom. The average Bonchev–Trinajstić information content (AvgIpc) is 3.42. The highest BCUT2D eigenvalue weighted by Gasteiger charge is 2.10. The van der Waals surface area contributed by atoms with Gasteiger partial charge in [0.25, 0.3) is 0 Å². The second kappa shape index (κ2) is 10.6. The van der Waals surface area contributed by atoms with Gasteiger partial charge in [0.05, 0.1) is 0 Å². The Labute approximate surface area is 213 Å². The molecule has 0 aliphatic heterocycles. The van der Waals surface area contributed by atoms with Gasteiger partial charge < -0.3 is 21.1 Å². The van der Waals surface area contributed by atoms with Crippen LogP contribution < -0.4 is 21.1 Å². The first-order chi connectivity index (χ1) is 17.6. The predicted molar refractivity (Wildman–Crippen MR) is 145 cm³/mol. The zero-order valence-electron chi connectivity index (χ0n) is 20.2. The molecule has 0 spiro atoms. The van der Waals surface area contributed by atoms with Gasteiger partial charge in [0.2, 0.25) is 0 Å². The monoisotopic (exact) mass is 497 g/mol. The van der Waals surface area contributed by atoms with Crippen molar-refractivity contribution in [2.75, 3.05) is 16.4 Å². The van der Waals surface area contributed by atoms with Crippen molar-refractivity contribution >= 4 is 39.6 Å². The number of pyridine rings is 1. The van der Waals surface area contributed by atoms with E-state index in [1.54, 1.807) is 30.1 Å². The number of thiazole rings is 1. The Kier molecular flexibility index (Phi) is 6.90. The van der Waals surface area contributed by atoms with Gasteiger partial charge in [-0.3, -0.25) is 0 Å². The molecule has 5 rings (SSSR count). The minimum Gasteiger partial charge on any atom is -0.486 e. The Bertz CT molecular complexity index is 1470. The van der Waals surface area contributed by atoms with Crippen LogP contribution in [0.3, 0.4) is 0 Å². The van der Waals surface area contributed by atoms with Gasteiger partial charge in [-0.15, -0.1) is 11.3 Å². The van der Waals surface area contributed by atoms with E-state index in [4.69, 9.17) is 10.5 Å². The molecule has 3 aromatic heterocycles. The molecule has 36 heavy (non-hydrogen) atoms. The molecule has 182 valence electrons. The summed E-state index contributed by atoms with van der Waals surface area (Å²) in [5, 5.41) is 11.8. The number of nitrogen functional groups attached to an aromatic ring is 1. The van der Waals surface area contributed by atoms with Gasteiger partial charge in [0, 0.05) is 42.3 Å². The normalized spacial score (nSPS) is 10.9. The summed E-state index contributed by atoms with van der Waals surface area (Å²) in [6.07, 6.45) is 5.10. The number of aryl methyl sites for hydroxylation is 2. The number of aromatic nitrogens is 4. The maximum absolute atomic E-state index is 6.08. The maximum Gasteiger partial charge on any atom is 0.140 e. The summed E-state index contributed by atoms with van der Waals surface area (Å²) >= 11 is 1.59. The van der Waals surface area contributed by atoms with Gasteiger partial charge in [-0.1, -0.05) is 12.1 Å². The van der Waals surface area contributed by atoms with Crippen LogP contribution in [0.5, 0.6) is 5.75 Å². The zero-order chi connectivity index (χ0) is 24.9. The smallest absolute Gasteiger partial charge is 0.140 e. The van der Waals surface area contributed by atoms with Crippen LogP contribution in [-0.4, -0.2) is 19.9 Å². The summed E-state index contributed by atoms with van der Waals surface area (Å²) in [6.45, 7) is 5.98. The molecule has 0 amide bonds. The summed E-state index contributed by atoms with van der Waals surface area (Å²) in [6, 6.07) is 14.0. The molecule has 9 heteroatoms. The van der Waals surface area contributed by atoms with Crippen molar-refractivity contribution < 1.29 is 4.74 Å². The Morgan fingerprint density at radius 2 is 1.64 bits per heavy atom. The molecule has 4 N–H and O–H groups in total. The Balaban J connectivity index is 1.19. The highest BCUT2D eigenvalue weighted by molar-refractivity contribution is 7.09. The average molecular weight is 498 g/mol. The fourth-order valence-corrected chi connectivity index (χ4v) is 4.62. The second-order valence-corrected chi connectivity index (χ2v) is 9.42. The van der Waals surface area contributed by atoms with E-state index in [0.717, 1.165) is 38.7 Å². The van der Waals surface area contributed by atoms with Gasteiger partial charge in [-0.25, -0.2) is 19.9 Å². The lowest BCUT2D eigenvalue weighted by molar-refractivity contribution is 0.305. The van der Waals surface area contributed by atoms with E-state index in [1.807, 2.05) is 41.8 Å². The quantitative estimate of drug-likeness (QED) is 0.245. The maximum atomic E-state index is 6.08. The molecule has 0 saturated carbocycles. The molecule has 5 aromatic rings. The number of benzene rings is 2. The van der Waals surface area contributed by atoms with Crippen molar-refractivity contribution in [3.8, 4) is 5.75 Å². The van der Waals surface area contributed by atoms with Crippen molar-refractivity contribution in [2.45, 2.75) is 33.5 Å². The number of anilines is 3. The molecular weight excluding hydrogens is 470 g/mol. The number of rotatable bonds is 9. The van der Waals surface area contributed by atoms with Crippen LogP contribution in [0.1, 0.15) is 27.3 Å². The standard InChI is InChI=1S/C27H27N7OS/c1-17-11-22-21(7-8-30-27(22)28)18(2)23(17)14-32-25-12-24(33-16-34-25)31-13-19-3-5-20(6-4-19)35-15-26-29-9-10-36-26/h3-12,16H,13-15H2,1-2H3,(H2,28,30)(H2,31,32,33,34). The summed E-state index contributed by atoms with van der Waals surface area (Å²) in [5.41, 5.74) is 10.8. The zero-order valence-corrected chi connectivity index (χ0v) is 21.0. The first-order valence-electron chi connectivity index (χ1n) is 11.6. The SMILES string of the molecule is Cc1cc2c(N)nccc2c(C)c1CNc1cc(NCc2ccc(OCc3nccs3)cc2)ncn1. The molecule has 8 nitrogen and oxygen atoms in total. The van der Waals surface area contributed by atoms with Crippen LogP contribution >= 0.6 is 11.3 Å². The van der Waals surface area contributed by atoms with Crippen LogP contribution in [0.2, 0.25) is 0 Å². The number of hydrogen-bond donors (Lipinski definition) is 3. The van der Waals surface area contributed by atoms with Gasteiger partial charge in [-0.05, 0) is 65.8 Å². The summed E-state index contributed by atoms with van der Waals surface area (Å²) in [4.78, 5) is 17.2. The van der Waals surface area contributed by atoms with Gasteiger partial charge in [0.1, 0.15) is 41.1 Å². The fraction of sp³-hybridized carbons (Fsp3) is 0.185. The van der Waals surface area contributed by atoms with E-state index in [-0.39, 0.29) is 0 Å². The van der Waals surface area contributed by atoms with E-state index < -0.39 is 0 Å². The third-order valence-electron chi connectivity index (χ3n) is 6.07. The fourth-order valence-electron chi connectivity index (χ4n) is 4.10. The van der Waals surface area contributed by atoms with Crippen molar-refractivity contribution in [3.63, 3.8) is 0 Å². The van der Waals surface area contributed by atoms with E-state index in [9.17, 15) is 0 Å². The van der Waals surface area contributed by atoms with Crippen LogP contribution in [0.15, 0.2) is 66.6 Å². The molecule has 0 saturated heterocycles. The molecular formula is C27H27N7OS. The number of hydrogen-bond acceptors (Lipinski definition) is 9. The molecule has 0 atom stereocenters. The van der Waals surface area contributed by atoms with Crippen molar-refractivity contribution in [1.29, 1.82) is 0 Å². The van der Waals surface area contributed by atoms with Crippen LogP contribution in [-0.2, 0) is 19.7 Å². The second-order valence-electron chi connectivity index (χ2n) is 8.44. The molecule has 0 fully saturated rings. The lowest BCUT2D eigenvalue weighted by atomic mass is 9.96. The van der Waals surface area contributed by atoms with E-state index in [0.29, 0.717) is 25.5 Å². The largest absolute Gasteiger partial charge is 0.486 e. The number of fused-ring (bicyclic) bond motifs is 1. The van der Waals surface area contributed by atoms with E-state index >= 15 is 0 Å². The molecule has 0 aliphatic rings.